The molecule has 288 valence electrons. The number of hydrogen-bond donors (Lipinski definition) is 6. The number of rotatable bonds is 8. The maximum Gasteiger partial charge on any atom is 0.328 e. The van der Waals surface area contributed by atoms with Crippen LogP contribution in [0.25, 0.3) is 33.2 Å². The summed E-state index contributed by atoms with van der Waals surface area (Å²) in [6, 6.07) is 28.0. The zero-order valence-corrected chi connectivity index (χ0v) is 30.7. The second kappa shape index (κ2) is 18.1. The van der Waals surface area contributed by atoms with Gasteiger partial charge in [-0.3, -0.25) is 9.59 Å². The topological polar surface area (TPSA) is 220 Å². The number of nitrogens with two attached hydrogens (primary N) is 2. The molecule has 8 rings (SSSR count). The monoisotopic (exact) mass is 756 g/mol. The Morgan fingerprint density at radius 2 is 1.00 bits per heavy atom. The second-order valence-electron chi connectivity index (χ2n) is 13.6. The van der Waals surface area contributed by atoms with Crippen LogP contribution in [0.3, 0.4) is 0 Å². The van der Waals surface area contributed by atoms with Gasteiger partial charge >= 0.3 is 11.9 Å². The van der Waals surface area contributed by atoms with E-state index in [0.29, 0.717) is 46.1 Å². The van der Waals surface area contributed by atoms with Crippen molar-refractivity contribution < 1.29 is 29.4 Å². The van der Waals surface area contributed by atoms with E-state index < -0.39 is 23.8 Å². The second-order valence-corrected chi connectivity index (χ2v) is 13.6. The number of primary amides is 2. The number of carboxylic acid groups (broad SMARTS) is 2. The Hall–Kier alpha value is -6.64. The largest absolute Gasteiger partial charge is 0.478 e. The number of carbonyl (C=O) groups is 4. The van der Waals surface area contributed by atoms with Gasteiger partial charge in [0.1, 0.15) is 11.0 Å². The first-order chi connectivity index (χ1) is 27.1. The van der Waals surface area contributed by atoms with Crippen LogP contribution in [0, 0.1) is 0 Å². The molecule has 56 heavy (non-hydrogen) atoms. The number of aliphatic carboxylic acids is 2. The summed E-state index contributed by atoms with van der Waals surface area (Å²) in [5.74, 6) is -2.24. The molecule has 8 N–H and O–H groups in total. The Kier molecular flexibility index (Phi) is 12.6. The van der Waals surface area contributed by atoms with Crippen molar-refractivity contribution in [2.24, 2.45) is 11.5 Å². The van der Waals surface area contributed by atoms with Gasteiger partial charge in [-0.15, -0.1) is 0 Å². The summed E-state index contributed by atoms with van der Waals surface area (Å²) in [5, 5.41) is 33.4. The highest BCUT2D eigenvalue weighted by atomic mass is 16.4. The molecule has 14 nitrogen and oxygen atoms in total. The average Bonchev–Trinajstić information content (AvgIpc) is 3.87. The van der Waals surface area contributed by atoms with Gasteiger partial charge in [-0.1, -0.05) is 48.5 Å². The number of piperidine rings is 2. The minimum absolute atomic E-state index is 0.453. The Morgan fingerprint density at radius 1 is 0.607 bits per heavy atom. The first-order valence-electron chi connectivity index (χ1n) is 18.4. The summed E-state index contributed by atoms with van der Waals surface area (Å²) in [5.41, 5.74) is 17.8. The number of benzene rings is 4. The highest BCUT2D eigenvalue weighted by molar-refractivity contribution is 6.05. The van der Waals surface area contributed by atoms with E-state index in [4.69, 9.17) is 21.7 Å². The fraction of sp³-hybridized carbons (Fsp3) is 0.238. The third-order valence-electron chi connectivity index (χ3n) is 9.82. The molecule has 0 bridgehead atoms. The third-order valence-corrected chi connectivity index (χ3v) is 9.82. The lowest BCUT2D eigenvalue weighted by molar-refractivity contribution is -0.134. The number of nitrogens with one attached hydrogen (secondary N) is 2. The van der Waals surface area contributed by atoms with Crippen molar-refractivity contribution in [3.05, 3.63) is 132 Å². The van der Waals surface area contributed by atoms with Crippen molar-refractivity contribution in [2.75, 3.05) is 26.2 Å². The number of aromatic nitrogens is 4. The molecule has 6 aromatic rings. The SMILES string of the molecule is NC(=O)c1cccc2cn(-c3ccc([C@@H]4CCCNC4)cc3)nc12.NC(=O)c1cccc2cn(-c3ccc([C@@H]4CCCNC4)cc3)nc12.O=C(O)C=CC(=O)O. The lowest BCUT2D eigenvalue weighted by atomic mass is 9.92. The lowest BCUT2D eigenvalue weighted by Crippen LogP contribution is -2.28. The molecule has 4 aromatic carbocycles. The molecule has 0 spiro atoms. The molecular formula is C42H44N8O6. The fourth-order valence-corrected chi connectivity index (χ4v) is 6.97. The Balaban J connectivity index is 0.000000160. The molecule has 4 heterocycles. The number of nitrogens with zero attached hydrogens (tertiary/aromatic N) is 4. The number of amides is 2. The molecular weight excluding hydrogens is 713 g/mol. The molecule has 2 saturated heterocycles. The van der Waals surface area contributed by atoms with Crippen LogP contribution in [0.5, 0.6) is 0 Å². The van der Waals surface area contributed by atoms with Crippen molar-refractivity contribution in [1.29, 1.82) is 0 Å². The first kappa shape index (κ1) is 39.1. The molecule has 0 radical (unpaired) electrons. The van der Waals surface area contributed by atoms with Gasteiger partial charge in [0.05, 0.1) is 22.5 Å². The molecule has 0 aliphatic carbocycles. The van der Waals surface area contributed by atoms with Gasteiger partial charge in [-0.25, -0.2) is 19.0 Å². The van der Waals surface area contributed by atoms with Crippen molar-refractivity contribution in [3.8, 4) is 11.4 Å². The van der Waals surface area contributed by atoms with Crippen LogP contribution in [0.4, 0.5) is 0 Å². The molecule has 14 heteroatoms. The summed E-state index contributed by atoms with van der Waals surface area (Å²) < 4.78 is 3.61. The van der Waals surface area contributed by atoms with E-state index in [1.165, 1.54) is 36.8 Å². The zero-order valence-electron chi connectivity index (χ0n) is 30.7. The molecule has 2 aromatic heterocycles. The molecule has 2 amide bonds. The average molecular weight is 757 g/mol. The van der Waals surface area contributed by atoms with Crippen LogP contribution in [0.15, 0.2) is 109 Å². The Morgan fingerprint density at radius 3 is 1.32 bits per heavy atom. The van der Waals surface area contributed by atoms with Crippen LogP contribution in [-0.2, 0) is 9.59 Å². The van der Waals surface area contributed by atoms with E-state index in [2.05, 4.69) is 69.4 Å². The van der Waals surface area contributed by atoms with Crippen LogP contribution >= 0.6 is 0 Å². The minimum atomic E-state index is -1.26. The summed E-state index contributed by atoms with van der Waals surface area (Å²) in [6.45, 7) is 4.34. The van der Waals surface area contributed by atoms with E-state index in [1.54, 1.807) is 21.5 Å². The van der Waals surface area contributed by atoms with E-state index in [0.717, 1.165) is 48.3 Å². The van der Waals surface area contributed by atoms with Crippen molar-refractivity contribution >= 4 is 45.6 Å². The van der Waals surface area contributed by atoms with E-state index in [1.807, 2.05) is 36.7 Å². The van der Waals surface area contributed by atoms with E-state index >= 15 is 0 Å². The van der Waals surface area contributed by atoms with Crippen molar-refractivity contribution in [1.82, 2.24) is 30.2 Å². The maximum absolute atomic E-state index is 11.5. The summed E-state index contributed by atoms with van der Waals surface area (Å²) in [7, 11) is 0. The Labute approximate surface area is 322 Å². The first-order valence-corrected chi connectivity index (χ1v) is 18.4. The summed E-state index contributed by atoms with van der Waals surface area (Å²) >= 11 is 0. The van der Waals surface area contributed by atoms with Crippen molar-refractivity contribution in [3.63, 3.8) is 0 Å². The maximum atomic E-state index is 11.5. The summed E-state index contributed by atoms with van der Waals surface area (Å²) in [6.07, 6.45) is 9.90. The standard InChI is InChI=1S/2C19H20N4O.C4H4O4/c2*20-19(24)17-5-1-3-15-12-23(22-18(15)17)16-8-6-13(7-9-16)14-4-2-10-21-11-14;5-3(6)1-2-4(7)8/h2*1,3,5-9,12,14,21H,2,4,10-11H2,(H2,20,24);1-2H,(H,5,6)(H,7,8)/t2*14-;/m11./s1. The quantitative estimate of drug-likeness (QED) is 0.115. The Bertz CT molecular complexity index is 2190. The molecule has 2 fully saturated rings. The minimum Gasteiger partial charge on any atom is -0.478 e. The van der Waals surface area contributed by atoms with Gasteiger partial charge in [0, 0.05) is 48.4 Å². The van der Waals surface area contributed by atoms with E-state index in [-0.39, 0.29) is 0 Å². The number of fused-ring (bicyclic) bond motifs is 2. The molecule has 0 unspecified atom stereocenters. The van der Waals surface area contributed by atoms with Gasteiger partial charge in [-0.2, -0.15) is 10.2 Å². The predicted molar refractivity (Wildman–Crippen MR) is 213 cm³/mol. The van der Waals surface area contributed by atoms with E-state index in [9.17, 15) is 19.2 Å². The van der Waals surface area contributed by atoms with Gasteiger partial charge in [0.15, 0.2) is 0 Å². The molecule has 2 aliphatic rings. The number of hydrogen-bond acceptors (Lipinski definition) is 8. The smallest absolute Gasteiger partial charge is 0.328 e. The van der Waals surface area contributed by atoms with Crippen LogP contribution in [0.2, 0.25) is 0 Å². The van der Waals surface area contributed by atoms with Gasteiger partial charge in [-0.05, 0) is 98.1 Å². The molecule has 0 saturated carbocycles. The highest BCUT2D eigenvalue weighted by Crippen LogP contribution is 2.27. The third kappa shape index (κ3) is 9.71. The fourth-order valence-electron chi connectivity index (χ4n) is 6.97. The van der Waals surface area contributed by atoms with Gasteiger partial charge < -0.3 is 32.3 Å². The molecule has 2 aliphatic heterocycles. The van der Waals surface area contributed by atoms with Crippen LogP contribution in [0.1, 0.15) is 69.4 Å². The predicted octanol–water partition coefficient (Wildman–Crippen LogP) is 4.89. The summed E-state index contributed by atoms with van der Waals surface area (Å²) in [4.78, 5) is 42.2. The van der Waals surface area contributed by atoms with Gasteiger partial charge in [0.25, 0.3) is 11.8 Å². The number of carbonyl (C=O) groups excluding carboxylic acids is 2. The molecule has 2 atom stereocenters. The van der Waals surface area contributed by atoms with Crippen LogP contribution in [-0.4, -0.2) is 79.7 Å². The number of carboxylic acids is 2. The normalized spacial score (nSPS) is 16.7. The van der Waals surface area contributed by atoms with Crippen molar-refractivity contribution in [2.45, 2.75) is 37.5 Å². The van der Waals surface area contributed by atoms with Crippen LogP contribution < -0.4 is 22.1 Å². The van der Waals surface area contributed by atoms with Gasteiger partial charge in [0.2, 0.25) is 0 Å². The lowest BCUT2D eigenvalue weighted by Gasteiger charge is -2.23. The zero-order chi connectivity index (χ0) is 39.6. The highest BCUT2D eigenvalue weighted by Gasteiger charge is 2.17.